The van der Waals surface area contributed by atoms with Crippen LogP contribution in [0.4, 0.5) is 0 Å². The molecule has 1 N–H and O–H groups in total. The van der Waals surface area contributed by atoms with E-state index in [9.17, 15) is 5.11 Å². The fourth-order valence-electron chi connectivity index (χ4n) is 3.97. The molecule has 138 valence electrons. The maximum Gasteiger partial charge on any atom is 0.120 e. The predicted molar refractivity (Wildman–Crippen MR) is 113 cm³/mol. The van der Waals surface area contributed by atoms with Crippen LogP contribution in [0.3, 0.4) is 0 Å². The molecule has 0 bridgehead atoms. The predicted octanol–water partition coefficient (Wildman–Crippen LogP) is 5.78. The molecular weight excluding hydrogens is 344 g/mol. The van der Waals surface area contributed by atoms with E-state index in [-0.39, 0.29) is 5.75 Å². The number of hydrogen-bond acceptors (Lipinski definition) is 2. The largest absolute Gasteiger partial charge is 0.508 e. The molecule has 2 heteroatoms. The molecule has 4 rings (SSSR count). The van der Waals surface area contributed by atoms with Gasteiger partial charge >= 0.3 is 0 Å². The third-order valence-electron chi connectivity index (χ3n) is 5.23. The molecule has 2 nitrogen and oxygen atoms in total. The Morgan fingerprint density at radius 1 is 0.607 bits per heavy atom. The fourth-order valence-corrected chi connectivity index (χ4v) is 3.97. The van der Waals surface area contributed by atoms with E-state index in [1.165, 1.54) is 0 Å². The van der Waals surface area contributed by atoms with Crippen molar-refractivity contribution < 1.29 is 9.84 Å². The Morgan fingerprint density at radius 3 is 1.43 bits per heavy atom. The van der Waals surface area contributed by atoms with E-state index in [0.717, 1.165) is 22.3 Å². The van der Waals surface area contributed by atoms with E-state index >= 15 is 0 Å². The van der Waals surface area contributed by atoms with Gasteiger partial charge in [-0.05, 0) is 34.9 Å². The second kappa shape index (κ2) is 7.61. The summed E-state index contributed by atoms with van der Waals surface area (Å²) in [6.45, 7) is 0. The van der Waals surface area contributed by atoms with Crippen molar-refractivity contribution in [1.82, 2.24) is 0 Å². The van der Waals surface area contributed by atoms with Crippen LogP contribution >= 0.6 is 0 Å². The van der Waals surface area contributed by atoms with Crippen LogP contribution in [0.1, 0.15) is 22.3 Å². The summed E-state index contributed by atoms with van der Waals surface area (Å²) in [5.41, 5.74) is 3.35. The Hall–Kier alpha value is -3.52. The van der Waals surface area contributed by atoms with Gasteiger partial charge in [-0.25, -0.2) is 0 Å². The van der Waals surface area contributed by atoms with Crippen LogP contribution in [-0.4, -0.2) is 12.2 Å². The smallest absolute Gasteiger partial charge is 0.120 e. The molecule has 0 aromatic heterocycles. The summed E-state index contributed by atoms with van der Waals surface area (Å²) < 4.78 is 5.50. The number of benzene rings is 4. The molecule has 0 spiro atoms. The summed E-state index contributed by atoms with van der Waals surface area (Å²) in [7, 11) is 1.64. The summed E-state index contributed by atoms with van der Waals surface area (Å²) >= 11 is 0. The quantitative estimate of drug-likeness (QED) is 0.453. The number of ether oxygens (including phenoxy) is 1. The van der Waals surface area contributed by atoms with Gasteiger partial charge in [-0.2, -0.15) is 0 Å². The Labute approximate surface area is 165 Å². The van der Waals surface area contributed by atoms with Crippen LogP contribution in [0.5, 0.6) is 11.5 Å². The van der Waals surface area contributed by atoms with E-state index in [4.69, 9.17) is 4.74 Å². The highest BCUT2D eigenvalue weighted by Crippen LogP contribution is 2.48. The van der Waals surface area contributed by atoms with Gasteiger partial charge in [-0.1, -0.05) is 91.0 Å². The maximum atomic E-state index is 11.0. The van der Waals surface area contributed by atoms with E-state index in [1.54, 1.807) is 19.2 Å². The number of rotatable bonds is 5. The van der Waals surface area contributed by atoms with Crippen molar-refractivity contribution in [2.24, 2.45) is 0 Å². The molecular formula is C26H22O2. The average molecular weight is 366 g/mol. The molecule has 0 radical (unpaired) electrons. The molecule has 0 amide bonds. The average Bonchev–Trinajstić information content (AvgIpc) is 2.78. The first kappa shape index (κ1) is 17.9. The molecule has 0 atom stereocenters. The van der Waals surface area contributed by atoms with Gasteiger partial charge in [-0.3, -0.25) is 0 Å². The lowest BCUT2D eigenvalue weighted by Crippen LogP contribution is -2.31. The van der Waals surface area contributed by atoms with Crippen molar-refractivity contribution in [3.63, 3.8) is 0 Å². The minimum absolute atomic E-state index is 0.234. The molecule has 0 aliphatic carbocycles. The Bertz CT molecular complexity index is 945. The molecule has 4 aromatic rings. The van der Waals surface area contributed by atoms with E-state index in [0.29, 0.717) is 5.75 Å². The molecule has 0 saturated carbocycles. The number of methoxy groups -OCH3 is 1. The van der Waals surface area contributed by atoms with Crippen molar-refractivity contribution in [3.05, 3.63) is 131 Å². The Morgan fingerprint density at radius 2 is 1.04 bits per heavy atom. The highest BCUT2D eigenvalue weighted by molar-refractivity contribution is 5.63. The van der Waals surface area contributed by atoms with Gasteiger partial charge in [0.15, 0.2) is 0 Å². The minimum Gasteiger partial charge on any atom is -0.508 e. The van der Waals surface area contributed by atoms with Crippen molar-refractivity contribution >= 4 is 0 Å². The normalized spacial score (nSPS) is 11.2. The summed E-state index contributed by atoms with van der Waals surface area (Å²) in [6.07, 6.45) is 0. The lowest BCUT2D eigenvalue weighted by Gasteiger charge is -2.37. The molecule has 0 aliphatic rings. The third-order valence-corrected chi connectivity index (χ3v) is 5.23. The summed E-state index contributed by atoms with van der Waals surface area (Å²) in [4.78, 5) is 0. The van der Waals surface area contributed by atoms with Crippen molar-refractivity contribution in [1.29, 1.82) is 0 Å². The highest BCUT2D eigenvalue weighted by atomic mass is 16.5. The SMILES string of the molecule is COc1ccc(O)c(C(c2ccccc2)(c2ccccc2)c2ccccc2)c1. The maximum absolute atomic E-state index is 11.0. The topological polar surface area (TPSA) is 29.5 Å². The number of aromatic hydroxyl groups is 1. The first-order valence-electron chi connectivity index (χ1n) is 9.31. The first-order chi connectivity index (χ1) is 13.8. The van der Waals surface area contributed by atoms with Crippen LogP contribution in [0.25, 0.3) is 0 Å². The van der Waals surface area contributed by atoms with Gasteiger partial charge in [0, 0.05) is 5.56 Å². The third kappa shape index (κ3) is 2.93. The summed E-state index contributed by atoms with van der Waals surface area (Å²) in [6, 6.07) is 36.3. The standard InChI is InChI=1S/C26H22O2/c1-28-23-17-18-25(27)24(19-23)26(20-11-5-2-6-12-20,21-13-7-3-8-14-21)22-15-9-4-10-16-22/h2-19,27H,1H3. The second-order valence-electron chi connectivity index (χ2n) is 6.73. The van der Waals surface area contributed by atoms with Crippen molar-refractivity contribution in [2.75, 3.05) is 7.11 Å². The summed E-state index contributed by atoms with van der Waals surface area (Å²) in [5, 5.41) is 11.0. The summed E-state index contributed by atoms with van der Waals surface area (Å²) in [5.74, 6) is 0.942. The minimum atomic E-state index is -0.678. The lowest BCUT2D eigenvalue weighted by atomic mass is 9.65. The van der Waals surface area contributed by atoms with Crippen LogP contribution in [0, 0.1) is 0 Å². The van der Waals surface area contributed by atoms with Gasteiger partial charge < -0.3 is 9.84 Å². The molecule has 0 heterocycles. The number of hydrogen-bond donors (Lipinski definition) is 1. The highest BCUT2D eigenvalue weighted by Gasteiger charge is 2.40. The second-order valence-corrected chi connectivity index (χ2v) is 6.73. The molecule has 0 saturated heterocycles. The van der Waals surface area contributed by atoms with Crippen LogP contribution < -0.4 is 4.74 Å². The molecule has 0 aliphatic heterocycles. The first-order valence-corrected chi connectivity index (χ1v) is 9.31. The zero-order valence-electron chi connectivity index (χ0n) is 15.7. The van der Waals surface area contributed by atoms with E-state index in [1.807, 2.05) is 60.7 Å². The van der Waals surface area contributed by atoms with Gasteiger partial charge in [0.25, 0.3) is 0 Å². The molecule has 4 aromatic carbocycles. The molecule has 0 fully saturated rings. The van der Waals surface area contributed by atoms with Crippen LogP contribution in [0.2, 0.25) is 0 Å². The molecule has 0 unspecified atom stereocenters. The number of phenols is 1. The van der Waals surface area contributed by atoms with Gasteiger partial charge in [-0.15, -0.1) is 0 Å². The van der Waals surface area contributed by atoms with Crippen molar-refractivity contribution in [2.45, 2.75) is 5.41 Å². The van der Waals surface area contributed by atoms with E-state index < -0.39 is 5.41 Å². The van der Waals surface area contributed by atoms with Gasteiger partial charge in [0.05, 0.1) is 12.5 Å². The Balaban J connectivity index is 2.17. The van der Waals surface area contributed by atoms with Crippen molar-refractivity contribution in [3.8, 4) is 11.5 Å². The number of phenolic OH excluding ortho intramolecular Hbond substituents is 1. The zero-order chi connectivity index (χ0) is 19.4. The van der Waals surface area contributed by atoms with Crippen LogP contribution in [-0.2, 0) is 5.41 Å². The molecule has 28 heavy (non-hydrogen) atoms. The van der Waals surface area contributed by atoms with Crippen LogP contribution in [0.15, 0.2) is 109 Å². The zero-order valence-corrected chi connectivity index (χ0v) is 15.7. The monoisotopic (exact) mass is 366 g/mol. The Kier molecular flexibility index (Phi) is 4.86. The van der Waals surface area contributed by atoms with Gasteiger partial charge in [0.1, 0.15) is 11.5 Å². The van der Waals surface area contributed by atoms with Gasteiger partial charge in [0.2, 0.25) is 0 Å². The lowest BCUT2D eigenvalue weighted by molar-refractivity contribution is 0.409. The fraction of sp³-hybridized carbons (Fsp3) is 0.0769. The van der Waals surface area contributed by atoms with E-state index in [2.05, 4.69) is 36.4 Å².